The van der Waals surface area contributed by atoms with Gasteiger partial charge in [0.25, 0.3) is 0 Å². The van der Waals surface area contributed by atoms with Crippen LogP contribution in [-0.2, 0) is 4.79 Å². The van der Waals surface area contributed by atoms with Crippen LogP contribution in [-0.4, -0.2) is 54.6 Å². The predicted octanol–water partition coefficient (Wildman–Crippen LogP) is 6.16. The second-order valence-electron chi connectivity index (χ2n) is 9.44. The number of fused-ring (bicyclic) bond motifs is 1. The number of carbonyl (C=O) groups excluding carboxylic acids is 1. The molecule has 0 aliphatic rings. The molecule has 0 bridgehead atoms. The summed E-state index contributed by atoms with van der Waals surface area (Å²) in [6.07, 6.45) is 5.68. The van der Waals surface area contributed by atoms with Gasteiger partial charge in [0.2, 0.25) is 11.8 Å². The minimum Gasteiger partial charge on any atom is -0.476 e. The highest BCUT2D eigenvalue weighted by Gasteiger charge is 2.21. The van der Waals surface area contributed by atoms with Crippen LogP contribution >= 0.6 is 22.6 Å². The highest BCUT2D eigenvalue weighted by molar-refractivity contribution is 14.1. The molecule has 0 saturated heterocycles. The Labute approximate surface area is 252 Å². The summed E-state index contributed by atoms with van der Waals surface area (Å²) in [5.41, 5.74) is 5.54. The SMILES string of the molecule is CC/C(=C(/c1ccc(OCCNC/C=C/C(=O)N(C)C)nc1)c1[nH]c2ccccc2c1I)c1ccc(F)cc1C#N. The van der Waals surface area contributed by atoms with E-state index < -0.39 is 5.82 Å². The number of likely N-dealkylation sites (N-methyl/N-ethyl adjacent to an activating group) is 1. The summed E-state index contributed by atoms with van der Waals surface area (Å²) >= 11 is 2.35. The van der Waals surface area contributed by atoms with Crippen molar-refractivity contribution in [1.29, 1.82) is 5.26 Å². The molecule has 2 aromatic carbocycles. The first-order valence-corrected chi connectivity index (χ1v) is 14.3. The number of ether oxygens (including phenoxy) is 1. The molecular weight excluding hydrogens is 632 g/mol. The van der Waals surface area contributed by atoms with E-state index in [1.165, 1.54) is 23.1 Å². The van der Waals surface area contributed by atoms with Crippen molar-refractivity contribution in [3.05, 3.63) is 105 Å². The number of amides is 1. The maximum Gasteiger partial charge on any atom is 0.245 e. The largest absolute Gasteiger partial charge is 0.476 e. The lowest BCUT2D eigenvalue weighted by Gasteiger charge is -2.17. The van der Waals surface area contributed by atoms with Crippen LogP contribution in [0.4, 0.5) is 4.39 Å². The van der Waals surface area contributed by atoms with Gasteiger partial charge in [0.1, 0.15) is 12.4 Å². The summed E-state index contributed by atoms with van der Waals surface area (Å²) in [6, 6.07) is 18.4. The number of hydrogen-bond acceptors (Lipinski definition) is 5. The Morgan fingerprint density at radius 2 is 2.02 bits per heavy atom. The van der Waals surface area contributed by atoms with E-state index >= 15 is 0 Å². The normalized spacial score (nSPS) is 11.9. The van der Waals surface area contributed by atoms with E-state index in [4.69, 9.17) is 4.74 Å². The molecule has 0 spiro atoms. The van der Waals surface area contributed by atoms with Gasteiger partial charge in [-0.3, -0.25) is 4.79 Å². The zero-order valence-electron chi connectivity index (χ0n) is 23.2. The first-order chi connectivity index (χ1) is 19.8. The number of H-pyrrole nitrogens is 1. The number of nitriles is 1. The Balaban J connectivity index is 1.63. The van der Waals surface area contributed by atoms with Crippen molar-refractivity contribution < 1.29 is 13.9 Å². The van der Waals surface area contributed by atoms with Crippen LogP contribution in [0, 0.1) is 20.7 Å². The number of nitrogens with one attached hydrogen (secondary N) is 2. The molecule has 7 nitrogen and oxygen atoms in total. The zero-order valence-corrected chi connectivity index (χ0v) is 25.3. The maximum atomic E-state index is 14.0. The van der Waals surface area contributed by atoms with Crippen molar-refractivity contribution in [3.63, 3.8) is 0 Å². The zero-order chi connectivity index (χ0) is 29.4. The molecule has 0 saturated carbocycles. The molecule has 0 aliphatic carbocycles. The van der Waals surface area contributed by atoms with E-state index in [9.17, 15) is 14.4 Å². The number of para-hydroxylation sites is 1. The van der Waals surface area contributed by atoms with Crippen LogP contribution in [0.5, 0.6) is 5.88 Å². The van der Waals surface area contributed by atoms with E-state index in [2.05, 4.69) is 50.0 Å². The third-order valence-corrected chi connectivity index (χ3v) is 7.61. The summed E-state index contributed by atoms with van der Waals surface area (Å²) in [4.78, 5) is 21.2. The van der Waals surface area contributed by atoms with Gasteiger partial charge in [-0.1, -0.05) is 37.3 Å². The number of hydrogen-bond donors (Lipinski definition) is 2. The monoisotopic (exact) mass is 663 g/mol. The Kier molecular flexibility index (Phi) is 10.3. The molecule has 1 amide bonds. The minimum absolute atomic E-state index is 0.0580. The summed E-state index contributed by atoms with van der Waals surface area (Å²) in [5.74, 6) is -0.0206. The quantitative estimate of drug-likeness (QED) is 0.114. The van der Waals surface area contributed by atoms with Crippen molar-refractivity contribution in [1.82, 2.24) is 20.2 Å². The molecule has 0 atom stereocenters. The molecule has 2 N–H and O–H groups in total. The van der Waals surface area contributed by atoms with Gasteiger partial charge < -0.3 is 19.9 Å². The number of carbonyl (C=O) groups is 1. The molecule has 41 heavy (non-hydrogen) atoms. The molecular formula is C32H31FIN5O2. The number of nitrogens with zero attached hydrogens (tertiary/aromatic N) is 3. The fourth-order valence-electron chi connectivity index (χ4n) is 4.46. The number of aromatic nitrogens is 2. The van der Waals surface area contributed by atoms with Gasteiger partial charge in [0.05, 0.1) is 17.3 Å². The van der Waals surface area contributed by atoms with Crippen LogP contribution in [0.15, 0.2) is 72.9 Å². The van der Waals surface area contributed by atoms with E-state index in [0.717, 1.165) is 36.9 Å². The molecule has 2 heterocycles. The molecule has 0 aliphatic heterocycles. The van der Waals surface area contributed by atoms with Gasteiger partial charge in [-0.05, 0) is 64.4 Å². The van der Waals surface area contributed by atoms with E-state index in [-0.39, 0.29) is 11.5 Å². The summed E-state index contributed by atoms with van der Waals surface area (Å²) in [7, 11) is 3.42. The van der Waals surface area contributed by atoms with E-state index in [1.807, 2.05) is 37.3 Å². The van der Waals surface area contributed by atoms with Gasteiger partial charge in [0.15, 0.2) is 0 Å². The molecule has 0 radical (unpaired) electrons. The fraction of sp³-hybridized carbons (Fsp3) is 0.219. The topological polar surface area (TPSA) is 94.0 Å². The molecule has 0 unspecified atom stereocenters. The number of benzene rings is 2. The Hall–Kier alpha value is -4.01. The highest BCUT2D eigenvalue weighted by atomic mass is 127. The molecule has 4 rings (SSSR count). The first kappa shape index (κ1) is 30.0. The molecule has 210 valence electrons. The number of rotatable bonds is 11. The smallest absolute Gasteiger partial charge is 0.245 e. The highest BCUT2D eigenvalue weighted by Crippen LogP contribution is 2.39. The lowest BCUT2D eigenvalue weighted by atomic mass is 9.89. The number of pyridine rings is 1. The van der Waals surface area contributed by atoms with Crippen LogP contribution < -0.4 is 10.1 Å². The van der Waals surface area contributed by atoms with Crippen LogP contribution in [0.1, 0.15) is 35.7 Å². The number of allylic oxidation sites excluding steroid dienone is 1. The van der Waals surface area contributed by atoms with E-state index in [0.29, 0.717) is 37.6 Å². The maximum absolute atomic E-state index is 14.0. The van der Waals surface area contributed by atoms with Gasteiger partial charge in [-0.2, -0.15) is 5.26 Å². The van der Waals surface area contributed by atoms with Crippen LogP contribution in [0.25, 0.3) is 22.0 Å². The van der Waals surface area contributed by atoms with Gasteiger partial charge in [-0.15, -0.1) is 0 Å². The second-order valence-corrected chi connectivity index (χ2v) is 10.5. The Morgan fingerprint density at radius 3 is 2.71 bits per heavy atom. The standard InChI is InChI=1S/C32H31FIN5O2/c1-4-24(25-13-12-23(33)18-22(25)19-35)30(32-31(34)26-8-5-6-9-27(26)38-32)21-11-14-28(37-20-21)41-17-16-36-15-7-10-29(40)39(2)3/h5-14,18,20,36,38H,4,15-17H2,1-3H3/b10-7+,30-24+. The third kappa shape index (κ3) is 7.20. The molecule has 4 aromatic rings. The summed E-state index contributed by atoms with van der Waals surface area (Å²) in [5, 5.41) is 14.1. The summed E-state index contributed by atoms with van der Waals surface area (Å²) in [6.45, 7) is 3.58. The van der Waals surface area contributed by atoms with Crippen LogP contribution in [0.2, 0.25) is 0 Å². The van der Waals surface area contributed by atoms with Gasteiger partial charge >= 0.3 is 0 Å². The van der Waals surface area contributed by atoms with E-state index in [1.54, 1.807) is 32.4 Å². The Morgan fingerprint density at radius 1 is 1.22 bits per heavy atom. The third-order valence-electron chi connectivity index (χ3n) is 6.49. The fourth-order valence-corrected chi connectivity index (χ4v) is 5.33. The number of halogens is 2. The number of aromatic amines is 1. The predicted molar refractivity (Wildman–Crippen MR) is 169 cm³/mol. The molecule has 0 fully saturated rings. The van der Waals surface area contributed by atoms with Crippen molar-refractivity contribution in [2.75, 3.05) is 33.8 Å². The van der Waals surface area contributed by atoms with Crippen molar-refractivity contribution in [3.8, 4) is 11.9 Å². The van der Waals surface area contributed by atoms with Crippen molar-refractivity contribution in [2.24, 2.45) is 0 Å². The lowest BCUT2D eigenvalue weighted by Crippen LogP contribution is -2.22. The molecule has 9 heteroatoms. The second kappa shape index (κ2) is 14.1. The average Bonchev–Trinajstić information content (AvgIpc) is 3.31. The minimum atomic E-state index is -0.446. The Bertz CT molecular complexity index is 1630. The van der Waals surface area contributed by atoms with Crippen molar-refractivity contribution in [2.45, 2.75) is 13.3 Å². The first-order valence-electron chi connectivity index (χ1n) is 13.2. The molecule has 2 aromatic heterocycles. The van der Waals surface area contributed by atoms with Gasteiger partial charge in [0, 0.05) is 71.1 Å². The summed E-state index contributed by atoms with van der Waals surface area (Å²) < 4.78 is 20.9. The lowest BCUT2D eigenvalue weighted by molar-refractivity contribution is -0.123. The average molecular weight is 664 g/mol. The van der Waals surface area contributed by atoms with Gasteiger partial charge in [-0.25, -0.2) is 9.37 Å². The van der Waals surface area contributed by atoms with Crippen molar-refractivity contribution >= 4 is 50.5 Å². The van der Waals surface area contributed by atoms with Crippen LogP contribution in [0.3, 0.4) is 0 Å².